The van der Waals surface area contributed by atoms with Gasteiger partial charge in [-0.3, -0.25) is 9.36 Å². The molecule has 0 bridgehead atoms. The Balaban J connectivity index is 1.55. The van der Waals surface area contributed by atoms with Crippen LogP contribution in [-0.4, -0.2) is 17.6 Å². The molecule has 0 saturated heterocycles. The van der Waals surface area contributed by atoms with Gasteiger partial charge in [-0.05, 0) is 54.7 Å². The molecule has 1 saturated carbocycles. The van der Waals surface area contributed by atoms with Crippen molar-refractivity contribution in [2.24, 2.45) is 5.92 Å². The summed E-state index contributed by atoms with van der Waals surface area (Å²) in [6.45, 7) is -0.119. The molecule has 1 heterocycles. The van der Waals surface area contributed by atoms with Crippen molar-refractivity contribution in [3.8, 4) is 5.75 Å². The van der Waals surface area contributed by atoms with E-state index in [1.165, 1.54) is 4.57 Å². The van der Waals surface area contributed by atoms with Crippen molar-refractivity contribution >= 4 is 28.6 Å². The first-order chi connectivity index (χ1) is 13.0. The lowest BCUT2D eigenvalue weighted by Gasteiger charge is -2.19. The number of halogens is 1. The highest BCUT2D eigenvalue weighted by Crippen LogP contribution is 2.41. The van der Waals surface area contributed by atoms with Gasteiger partial charge in [0, 0.05) is 5.02 Å². The van der Waals surface area contributed by atoms with Crippen molar-refractivity contribution < 1.29 is 13.9 Å². The second-order valence-corrected chi connectivity index (χ2v) is 7.16. The van der Waals surface area contributed by atoms with Crippen LogP contribution in [0.15, 0.2) is 51.7 Å². The Labute approximate surface area is 160 Å². The van der Waals surface area contributed by atoms with E-state index in [0.29, 0.717) is 22.0 Å². The number of nitrogens with zero attached hydrogens (tertiary/aromatic N) is 1. The number of hydrogen-bond acceptors (Lipinski definition) is 4. The summed E-state index contributed by atoms with van der Waals surface area (Å²) < 4.78 is 11.7. The molecule has 27 heavy (non-hydrogen) atoms. The van der Waals surface area contributed by atoms with Crippen LogP contribution < -0.4 is 15.8 Å². The summed E-state index contributed by atoms with van der Waals surface area (Å²) in [6, 6.07) is 12.5. The molecule has 0 unspecified atom stereocenters. The van der Waals surface area contributed by atoms with Gasteiger partial charge in [-0.1, -0.05) is 23.7 Å². The lowest BCUT2D eigenvalue weighted by molar-refractivity contribution is -0.122. The maximum atomic E-state index is 12.7. The zero-order valence-electron chi connectivity index (χ0n) is 14.8. The third-order valence-corrected chi connectivity index (χ3v) is 5.05. The van der Waals surface area contributed by atoms with Crippen LogP contribution in [0.5, 0.6) is 5.75 Å². The second kappa shape index (κ2) is 7.12. The smallest absolute Gasteiger partial charge is 0.420 e. The maximum absolute atomic E-state index is 12.7. The number of fused-ring (bicyclic) bond motifs is 1. The molecule has 1 aliphatic carbocycles. The third kappa shape index (κ3) is 3.71. The van der Waals surface area contributed by atoms with Gasteiger partial charge in [0.1, 0.15) is 12.3 Å². The van der Waals surface area contributed by atoms with E-state index < -0.39 is 5.76 Å². The van der Waals surface area contributed by atoms with Gasteiger partial charge in [-0.2, -0.15) is 0 Å². The molecule has 0 spiro atoms. The van der Waals surface area contributed by atoms with Crippen LogP contribution in [0.4, 0.5) is 0 Å². The number of nitrogens with one attached hydrogen (secondary N) is 1. The molecular formula is C20H19ClN2O4. The van der Waals surface area contributed by atoms with Crippen molar-refractivity contribution in [2.75, 3.05) is 7.11 Å². The van der Waals surface area contributed by atoms with Gasteiger partial charge >= 0.3 is 5.76 Å². The molecule has 7 heteroatoms. The molecular weight excluding hydrogens is 368 g/mol. The summed E-state index contributed by atoms with van der Waals surface area (Å²) in [4.78, 5) is 24.8. The van der Waals surface area contributed by atoms with Crippen LogP contribution in [0.3, 0.4) is 0 Å². The number of carbonyl (C=O) groups is 1. The SMILES string of the molecule is COc1ccc([C@@H](NC(=O)Cn2c(=O)oc3ccc(Cl)cc32)C2CC2)cc1. The lowest BCUT2D eigenvalue weighted by atomic mass is 10.0. The molecule has 6 nitrogen and oxygen atoms in total. The fourth-order valence-electron chi connectivity index (χ4n) is 3.26. The van der Waals surface area contributed by atoms with Crippen molar-refractivity contribution in [2.45, 2.75) is 25.4 Å². The average Bonchev–Trinajstić information content (AvgIpc) is 3.46. The Morgan fingerprint density at radius 3 is 2.70 bits per heavy atom. The van der Waals surface area contributed by atoms with E-state index in [4.69, 9.17) is 20.8 Å². The molecule has 1 fully saturated rings. The Morgan fingerprint density at radius 1 is 1.30 bits per heavy atom. The maximum Gasteiger partial charge on any atom is 0.420 e. The molecule has 1 N–H and O–H groups in total. The van der Waals surface area contributed by atoms with Gasteiger partial charge in [0.25, 0.3) is 0 Å². The number of oxazole rings is 1. The molecule has 1 aliphatic rings. The minimum Gasteiger partial charge on any atom is -0.497 e. The molecule has 4 rings (SSSR count). The summed E-state index contributed by atoms with van der Waals surface area (Å²) in [7, 11) is 1.62. The Morgan fingerprint density at radius 2 is 2.04 bits per heavy atom. The first kappa shape index (κ1) is 17.7. The van der Waals surface area contributed by atoms with Crippen LogP contribution in [0.2, 0.25) is 5.02 Å². The molecule has 0 radical (unpaired) electrons. The zero-order chi connectivity index (χ0) is 19.0. The normalized spacial score (nSPS) is 14.9. The highest BCUT2D eigenvalue weighted by atomic mass is 35.5. The number of hydrogen-bond donors (Lipinski definition) is 1. The van der Waals surface area contributed by atoms with E-state index in [1.54, 1.807) is 25.3 Å². The van der Waals surface area contributed by atoms with Crippen LogP contribution in [0.1, 0.15) is 24.4 Å². The summed E-state index contributed by atoms with van der Waals surface area (Å²) in [6.07, 6.45) is 2.14. The van der Waals surface area contributed by atoms with Crippen LogP contribution in [-0.2, 0) is 11.3 Å². The van der Waals surface area contributed by atoms with E-state index >= 15 is 0 Å². The Kier molecular flexibility index (Phi) is 4.66. The molecule has 1 aromatic heterocycles. The van der Waals surface area contributed by atoms with E-state index in [1.807, 2.05) is 24.3 Å². The van der Waals surface area contributed by atoms with Crippen molar-refractivity contribution in [3.63, 3.8) is 0 Å². The van der Waals surface area contributed by atoms with Gasteiger partial charge in [0.15, 0.2) is 5.58 Å². The van der Waals surface area contributed by atoms with Crippen LogP contribution >= 0.6 is 11.6 Å². The predicted molar refractivity (Wildman–Crippen MR) is 102 cm³/mol. The van der Waals surface area contributed by atoms with Crippen LogP contribution in [0, 0.1) is 5.92 Å². The fourth-order valence-corrected chi connectivity index (χ4v) is 3.43. The van der Waals surface area contributed by atoms with E-state index in [2.05, 4.69) is 5.32 Å². The zero-order valence-corrected chi connectivity index (χ0v) is 15.5. The topological polar surface area (TPSA) is 73.5 Å². The minimum atomic E-state index is -0.574. The highest BCUT2D eigenvalue weighted by Gasteiger charge is 2.33. The van der Waals surface area contributed by atoms with Gasteiger partial charge < -0.3 is 14.5 Å². The van der Waals surface area contributed by atoms with E-state index in [0.717, 1.165) is 24.2 Å². The van der Waals surface area contributed by atoms with Crippen molar-refractivity contribution in [1.29, 1.82) is 0 Å². The second-order valence-electron chi connectivity index (χ2n) is 6.72. The molecule has 140 valence electrons. The first-order valence-corrected chi connectivity index (χ1v) is 9.15. The Bertz CT molecular complexity index is 1030. The van der Waals surface area contributed by atoms with Gasteiger partial charge in [-0.15, -0.1) is 0 Å². The number of amides is 1. The number of aromatic nitrogens is 1. The molecule has 2 aromatic carbocycles. The molecule has 1 atom stereocenters. The number of benzene rings is 2. The first-order valence-electron chi connectivity index (χ1n) is 8.77. The average molecular weight is 387 g/mol. The highest BCUT2D eigenvalue weighted by molar-refractivity contribution is 6.31. The van der Waals surface area contributed by atoms with Crippen molar-refractivity contribution in [3.05, 3.63) is 63.6 Å². The standard InChI is InChI=1S/C20H19ClN2O4/c1-26-15-7-4-13(5-8-15)19(12-2-3-12)22-18(24)11-23-16-10-14(21)6-9-17(16)27-20(23)25/h4-10,12,19H,2-3,11H2,1H3,(H,22,24)/t19-/m0/s1. The predicted octanol–water partition coefficient (Wildman–Crippen LogP) is 3.52. The molecule has 1 amide bonds. The van der Waals surface area contributed by atoms with Crippen molar-refractivity contribution in [1.82, 2.24) is 9.88 Å². The monoisotopic (exact) mass is 386 g/mol. The summed E-state index contributed by atoms with van der Waals surface area (Å²) in [5.41, 5.74) is 1.94. The molecule has 3 aromatic rings. The quantitative estimate of drug-likeness (QED) is 0.703. The summed E-state index contributed by atoms with van der Waals surface area (Å²) in [5, 5.41) is 3.54. The minimum absolute atomic E-state index is 0.0825. The number of ether oxygens (including phenoxy) is 1. The number of carbonyl (C=O) groups excluding carboxylic acids is 1. The third-order valence-electron chi connectivity index (χ3n) is 4.82. The van der Waals surface area contributed by atoms with Gasteiger partial charge in [-0.25, -0.2) is 4.79 Å². The summed E-state index contributed by atoms with van der Waals surface area (Å²) in [5.74, 6) is 0.366. The molecule has 0 aliphatic heterocycles. The Hall–Kier alpha value is -2.73. The largest absolute Gasteiger partial charge is 0.497 e. The van der Waals surface area contributed by atoms with E-state index in [9.17, 15) is 9.59 Å². The lowest BCUT2D eigenvalue weighted by Crippen LogP contribution is -2.34. The van der Waals surface area contributed by atoms with Gasteiger partial charge in [0.2, 0.25) is 5.91 Å². The summed E-state index contributed by atoms with van der Waals surface area (Å²) >= 11 is 6.01. The van der Waals surface area contributed by atoms with Gasteiger partial charge in [0.05, 0.1) is 18.7 Å². The number of rotatable bonds is 6. The number of methoxy groups -OCH3 is 1. The van der Waals surface area contributed by atoms with Crippen LogP contribution in [0.25, 0.3) is 11.1 Å². The fraction of sp³-hybridized carbons (Fsp3) is 0.300. The van der Waals surface area contributed by atoms with E-state index in [-0.39, 0.29) is 18.5 Å².